The fourth-order valence-corrected chi connectivity index (χ4v) is 2.26. The second-order valence-electron chi connectivity index (χ2n) is 6.42. The molecule has 0 amide bonds. The van der Waals surface area contributed by atoms with Gasteiger partial charge < -0.3 is 28.4 Å². The van der Waals surface area contributed by atoms with Crippen LogP contribution in [0.15, 0.2) is 18.2 Å². The minimum absolute atomic E-state index is 0.0134. The van der Waals surface area contributed by atoms with Crippen molar-refractivity contribution in [1.29, 1.82) is 0 Å². The monoisotopic (exact) mass is 378 g/mol. The van der Waals surface area contributed by atoms with Crippen LogP contribution in [0.4, 0.5) is 0 Å². The summed E-state index contributed by atoms with van der Waals surface area (Å²) >= 11 is 0. The average molecular weight is 378 g/mol. The van der Waals surface area contributed by atoms with Gasteiger partial charge in [0.25, 0.3) is 0 Å². The van der Waals surface area contributed by atoms with E-state index in [1.165, 1.54) is 18.2 Å². The lowest BCUT2D eigenvalue weighted by Crippen LogP contribution is -2.19. The molecule has 0 N–H and O–H groups in total. The summed E-state index contributed by atoms with van der Waals surface area (Å²) in [6, 6.07) is 4.03. The molecule has 3 heterocycles. The molecule has 144 valence electrons. The molecule has 0 aliphatic carbocycles. The number of hydrogen-bond acceptors (Lipinski definition) is 9. The fourth-order valence-electron chi connectivity index (χ4n) is 2.26. The van der Waals surface area contributed by atoms with Gasteiger partial charge in [-0.15, -0.1) is 0 Å². The number of epoxide rings is 3. The first-order chi connectivity index (χ1) is 13.1. The summed E-state index contributed by atoms with van der Waals surface area (Å²) in [5.74, 6) is -2.04. The first kappa shape index (κ1) is 17.9. The molecule has 0 unspecified atom stereocenters. The van der Waals surface area contributed by atoms with Crippen LogP contribution < -0.4 is 0 Å². The number of rotatable bonds is 9. The van der Waals surface area contributed by atoms with E-state index in [9.17, 15) is 14.4 Å². The Labute approximate surface area is 154 Å². The third-order valence-corrected chi connectivity index (χ3v) is 4.10. The molecule has 3 fully saturated rings. The van der Waals surface area contributed by atoms with Crippen LogP contribution in [-0.4, -0.2) is 75.9 Å². The standard InChI is InChI=1S/C18H18O9/c19-16(25-7-11-4-22-11)10-1-2-14(17(20)26-8-12-5-23-12)15(3-10)18(21)27-9-13-6-24-13/h1-3,11-13H,4-9H2/t11-,12-,13-/m1/s1. The number of esters is 3. The molecule has 0 saturated carbocycles. The topological polar surface area (TPSA) is 116 Å². The number of carbonyl (C=O) groups excluding carboxylic acids is 3. The molecule has 4 rings (SSSR count). The molecule has 27 heavy (non-hydrogen) atoms. The molecule has 0 bridgehead atoms. The number of benzene rings is 1. The van der Waals surface area contributed by atoms with Crippen LogP contribution in [-0.2, 0) is 28.4 Å². The van der Waals surface area contributed by atoms with Gasteiger partial charge in [-0.05, 0) is 18.2 Å². The van der Waals surface area contributed by atoms with Gasteiger partial charge in [0.15, 0.2) is 0 Å². The lowest BCUT2D eigenvalue weighted by molar-refractivity contribution is 0.0428. The zero-order chi connectivity index (χ0) is 18.8. The van der Waals surface area contributed by atoms with Gasteiger partial charge in [-0.25, -0.2) is 14.4 Å². The third kappa shape index (κ3) is 5.03. The van der Waals surface area contributed by atoms with Crippen molar-refractivity contribution < 1.29 is 42.8 Å². The van der Waals surface area contributed by atoms with Gasteiger partial charge in [-0.1, -0.05) is 0 Å². The summed E-state index contributed by atoms with van der Waals surface area (Å²) in [6.07, 6.45) is -0.297. The number of ether oxygens (including phenoxy) is 6. The zero-order valence-electron chi connectivity index (χ0n) is 14.4. The Morgan fingerprint density at radius 3 is 1.67 bits per heavy atom. The maximum Gasteiger partial charge on any atom is 0.339 e. The van der Waals surface area contributed by atoms with E-state index >= 15 is 0 Å². The van der Waals surface area contributed by atoms with E-state index in [-0.39, 0.29) is 54.8 Å². The van der Waals surface area contributed by atoms with Gasteiger partial charge in [0.2, 0.25) is 0 Å². The maximum atomic E-state index is 12.4. The van der Waals surface area contributed by atoms with Crippen molar-refractivity contribution in [2.45, 2.75) is 18.3 Å². The molecule has 9 heteroatoms. The predicted octanol–water partition coefficient (Wildman–Crippen LogP) is 0.353. The highest BCUT2D eigenvalue weighted by Crippen LogP contribution is 2.19. The molecule has 3 atom stereocenters. The molecule has 0 spiro atoms. The largest absolute Gasteiger partial charge is 0.459 e. The van der Waals surface area contributed by atoms with Crippen LogP contribution in [0.25, 0.3) is 0 Å². The normalized spacial score (nSPS) is 24.7. The third-order valence-electron chi connectivity index (χ3n) is 4.10. The minimum Gasteiger partial charge on any atom is -0.459 e. The fraction of sp³-hybridized carbons (Fsp3) is 0.500. The maximum absolute atomic E-state index is 12.4. The van der Waals surface area contributed by atoms with Crippen molar-refractivity contribution in [1.82, 2.24) is 0 Å². The molecule has 0 radical (unpaired) electrons. The molecular weight excluding hydrogens is 360 g/mol. The number of hydrogen-bond donors (Lipinski definition) is 0. The molecule has 0 aromatic heterocycles. The summed E-state index contributed by atoms with van der Waals surface area (Å²) < 4.78 is 30.4. The summed E-state index contributed by atoms with van der Waals surface area (Å²) in [7, 11) is 0. The SMILES string of the molecule is O=C(OC[C@H]1CO1)c1ccc(C(=O)OC[C@H]2CO2)c(C(=O)OC[C@H]2CO2)c1. The molecule has 3 saturated heterocycles. The second-order valence-corrected chi connectivity index (χ2v) is 6.42. The Kier molecular flexibility index (Phi) is 5.06. The van der Waals surface area contributed by atoms with Crippen molar-refractivity contribution in [3.63, 3.8) is 0 Å². The highest BCUT2D eigenvalue weighted by Gasteiger charge is 2.29. The molecule has 1 aromatic rings. The van der Waals surface area contributed by atoms with E-state index in [1.807, 2.05) is 0 Å². The molecule has 3 aliphatic rings. The van der Waals surface area contributed by atoms with Gasteiger partial charge in [0, 0.05) is 0 Å². The van der Waals surface area contributed by atoms with Crippen molar-refractivity contribution >= 4 is 17.9 Å². The van der Waals surface area contributed by atoms with Crippen LogP contribution >= 0.6 is 0 Å². The lowest BCUT2D eigenvalue weighted by Gasteiger charge is -2.11. The predicted molar refractivity (Wildman–Crippen MR) is 86.5 cm³/mol. The first-order valence-electron chi connectivity index (χ1n) is 8.60. The summed E-state index contributed by atoms with van der Waals surface area (Å²) in [6.45, 7) is 1.95. The molecule has 1 aromatic carbocycles. The van der Waals surface area contributed by atoms with Crippen LogP contribution in [0.1, 0.15) is 31.1 Å². The highest BCUT2D eigenvalue weighted by molar-refractivity contribution is 6.05. The molecular formula is C18H18O9. The first-order valence-corrected chi connectivity index (χ1v) is 8.60. The van der Waals surface area contributed by atoms with E-state index in [0.29, 0.717) is 19.8 Å². The summed E-state index contributed by atoms with van der Waals surface area (Å²) in [4.78, 5) is 36.9. The molecule has 3 aliphatic heterocycles. The number of carbonyl (C=O) groups is 3. The van der Waals surface area contributed by atoms with Gasteiger partial charge in [-0.3, -0.25) is 0 Å². The Morgan fingerprint density at radius 2 is 1.19 bits per heavy atom. The quantitative estimate of drug-likeness (QED) is 0.341. The lowest BCUT2D eigenvalue weighted by atomic mass is 10.0. The Hall–Kier alpha value is -2.49. The van der Waals surface area contributed by atoms with Crippen molar-refractivity contribution in [3.05, 3.63) is 34.9 Å². The summed E-state index contributed by atoms with van der Waals surface area (Å²) in [5.41, 5.74) is 0.0845. The van der Waals surface area contributed by atoms with E-state index in [1.54, 1.807) is 0 Å². The highest BCUT2D eigenvalue weighted by atomic mass is 16.6. The van der Waals surface area contributed by atoms with E-state index in [2.05, 4.69) is 0 Å². The van der Waals surface area contributed by atoms with Crippen molar-refractivity contribution in [2.75, 3.05) is 39.6 Å². The van der Waals surface area contributed by atoms with E-state index in [0.717, 1.165) is 0 Å². The Morgan fingerprint density at radius 1 is 0.741 bits per heavy atom. The van der Waals surface area contributed by atoms with Crippen LogP contribution in [0.3, 0.4) is 0 Å². The second kappa shape index (κ2) is 7.63. The van der Waals surface area contributed by atoms with Crippen LogP contribution in [0, 0.1) is 0 Å². The van der Waals surface area contributed by atoms with Crippen LogP contribution in [0.5, 0.6) is 0 Å². The zero-order valence-corrected chi connectivity index (χ0v) is 14.4. The van der Waals surface area contributed by atoms with Gasteiger partial charge >= 0.3 is 17.9 Å². The Bertz CT molecular complexity index is 747. The van der Waals surface area contributed by atoms with Gasteiger partial charge in [0.05, 0.1) is 36.5 Å². The van der Waals surface area contributed by atoms with Gasteiger partial charge in [0.1, 0.15) is 38.1 Å². The Balaban J connectivity index is 1.48. The van der Waals surface area contributed by atoms with Crippen molar-refractivity contribution in [2.24, 2.45) is 0 Å². The summed E-state index contributed by atoms with van der Waals surface area (Å²) in [5, 5.41) is 0. The van der Waals surface area contributed by atoms with E-state index < -0.39 is 17.9 Å². The van der Waals surface area contributed by atoms with Crippen molar-refractivity contribution in [3.8, 4) is 0 Å². The molecule has 9 nitrogen and oxygen atoms in total. The average Bonchev–Trinajstić information content (AvgIpc) is 3.54. The van der Waals surface area contributed by atoms with E-state index in [4.69, 9.17) is 28.4 Å². The van der Waals surface area contributed by atoms with Crippen LogP contribution in [0.2, 0.25) is 0 Å². The minimum atomic E-state index is -0.736. The van der Waals surface area contributed by atoms with Gasteiger partial charge in [-0.2, -0.15) is 0 Å². The smallest absolute Gasteiger partial charge is 0.339 e.